The molecule has 7 nitrogen and oxygen atoms in total. The molecule has 0 bridgehead atoms. The molecule has 0 unspecified atom stereocenters. The van der Waals surface area contributed by atoms with Crippen LogP contribution in [-0.4, -0.2) is 36.5 Å². The van der Waals surface area contributed by atoms with Crippen molar-refractivity contribution in [3.8, 4) is 5.75 Å². The van der Waals surface area contributed by atoms with Crippen LogP contribution in [0, 0.1) is 0 Å². The second-order valence-corrected chi connectivity index (χ2v) is 8.34. The number of ether oxygens (including phenoxy) is 1. The molecule has 1 aliphatic rings. The molecule has 0 saturated carbocycles. The van der Waals surface area contributed by atoms with Gasteiger partial charge >= 0.3 is 6.18 Å². The highest BCUT2D eigenvalue weighted by Crippen LogP contribution is 2.30. The summed E-state index contributed by atoms with van der Waals surface area (Å²) in [5, 5.41) is 5.25. The van der Waals surface area contributed by atoms with Gasteiger partial charge in [-0.05, 0) is 73.0 Å². The molecule has 0 spiro atoms. The highest BCUT2D eigenvalue weighted by Gasteiger charge is 2.30. The lowest BCUT2D eigenvalue weighted by molar-refractivity contribution is -0.137. The summed E-state index contributed by atoms with van der Waals surface area (Å²) in [6.45, 7) is 1.94. The van der Waals surface area contributed by atoms with Gasteiger partial charge in [-0.15, -0.1) is 0 Å². The minimum absolute atomic E-state index is 0.0205. The second-order valence-electron chi connectivity index (χ2n) is 8.34. The summed E-state index contributed by atoms with van der Waals surface area (Å²) in [6.07, 6.45) is -0.448. The van der Waals surface area contributed by atoms with Crippen molar-refractivity contribution in [2.24, 2.45) is 0 Å². The number of carbonyl (C=O) groups excluding carboxylic acids is 2. The van der Waals surface area contributed by atoms with Gasteiger partial charge < -0.3 is 20.3 Å². The average Bonchev–Trinajstić information content (AvgIpc) is 3.41. The number of pyridine rings is 1. The lowest BCUT2D eigenvalue weighted by Crippen LogP contribution is -2.23. The zero-order valence-corrected chi connectivity index (χ0v) is 19.3. The average molecular weight is 499 g/mol. The third-order valence-electron chi connectivity index (χ3n) is 5.65. The molecule has 3 aromatic rings. The zero-order valence-electron chi connectivity index (χ0n) is 19.3. The van der Waals surface area contributed by atoms with Crippen LogP contribution in [0.1, 0.15) is 34.3 Å². The molecule has 2 heterocycles. The Hall–Kier alpha value is -4.08. The van der Waals surface area contributed by atoms with Gasteiger partial charge in [0.1, 0.15) is 11.6 Å². The molecule has 2 aromatic carbocycles. The van der Waals surface area contributed by atoms with Gasteiger partial charge in [0, 0.05) is 37.1 Å². The summed E-state index contributed by atoms with van der Waals surface area (Å²) in [7, 11) is 0. The summed E-state index contributed by atoms with van der Waals surface area (Å²) in [4.78, 5) is 31.2. The normalized spacial score (nSPS) is 13.4. The second kappa shape index (κ2) is 11.1. The van der Waals surface area contributed by atoms with Crippen molar-refractivity contribution in [3.63, 3.8) is 0 Å². The Morgan fingerprint density at radius 2 is 1.75 bits per heavy atom. The quantitative estimate of drug-likeness (QED) is 0.473. The van der Waals surface area contributed by atoms with E-state index in [0.29, 0.717) is 17.9 Å². The van der Waals surface area contributed by atoms with Crippen LogP contribution in [0.15, 0.2) is 66.9 Å². The van der Waals surface area contributed by atoms with E-state index in [1.54, 1.807) is 30.5 Å². The van der Waals surface area contributed by atoms with Crippen molar-refractivity contribution in [2.45, 2.75) is 25.6 Å². The first-order valence-corrected chi connectivity index (χ1v) is 11.5. The van der Waals surface area contributed by atoms with E-state index in [9.17, 15) is 22.8 Å². The Morgan fingerprint density at radius 3 is 2.47 bits per heavy atom. The highest BCUT2D eigenvalue weighted by atomic mass is 19.4. The fraction of sp³-hybridized carbons (Fsp3) is 0.269. The third-order valence-corrected chi connectivity index (χ3v) is 5.65. The monoisotopic (exact) mass is 498 g/mol. The molecule has 0 atom stereocenters. The van der Waals surface area contributed by atoms with Crippen LogP contribution in [0.2, 0.25) is 0 Å². The minimum atomic E-state index is -4.50. The van der Waals surface area contributed by atoms with Gasteiger partial charge in [-0.2, -0.15) is 13.2 Å². The number of amides is 2. The maximum absolute atomic E-state index is 12.8. The van der Waals surface area contributed by atoms with Crippen molar-refractivity contribution in [1.29, 1.82) is 0 Å². The smallest absolute Gasteiger partial charge is 0.416 e. The molecule has 1 fully saturated rings. The SMILES string of the molecule is O=C(COc1ccc(C(=O)NCc2ccnc(N3CCCC3)c2)cc1)Nc1cccc(C(F)(F)F)c1. The van der Waals surface area contributed by atoms with E-state index in [4.69, 9.17) is 4.74 Å². The van der Waals surface area contributed by atoms with Crippen molar-refractivity contribution in [3.05, 3.63) is 83.6 Å². The van der Waals surface area contributed by atoms with Crippen molar-refractivity contribution < 1.29 is 27.5 Å². The van der Waals surface area contributed by atoms with Crippen LogP contribution in [0.25, 0.3) is 0 Å². The van der Waals surface area contributed by atoms with Crippen LogP contribution in [0.5, 0.6) is 5.75 Å². The highest BCUT2D eigenvalue weighted by molar-refractivity contribution is 5.94. The van der Waals surface area contributed by atoms with Gasteiger partial charge in [0.05, 0.1) is 5.56 Å². The number of benzene rings is 2. The maximum Gasteiger partial charge on any atom is 0.416 e. The molecule has 0 aliphatic carbocycles. The summed E-state index contributed by atoms with van der Waals surface area (Å²) >= 11 is 0. The molecule has 2 amide bonds. The number of hydrogen-bond acceptors (Lipinski definition) is 5. The predicted octanol–water partition coefficient (Wildman–Crippen LogP) is 4.65. The van der Waals surface area contributed by atoms with E-state index in [1.165, 1.54) is 12.1 Å². The molecular weight excluding hydrogens is 473 g/mol. The van der Waals surface area contributed by atoms with Crippen molar-refractivity contribution in [2.75, 3.05) is 29.9 Å². The number of nitrogens with zero attached hydrogens (tertiary/aromatic N) is 2. The Morgan fingerprint density at radius 1 is 1.00 bits per heavy atom. The van der Waals surface area contributed by atoms with E-state index < -0.39 is 24.3 Å². The number of anilines is 2. The number of nitrogens with one attached hydrogen (secondary N) is 2. The first-order chi connectivity index (χ1) is 17.3. The van der Waals surface area contributed by atoms with Gasteiger partial charge in [-0.1, -0.05) is 6.07 Å². The number of carbonyl (C=O) groups is 2. The fourth-order valence-corrected chi connectivity index (χ4v) is 3.80. The van der Waals surface area contributed by atoms with Crippen LogP contribution < -0.4 is 20.3 Å². The fourth-order valence-electron chi connectivity index (χ4n) is 3.80. The Bertz CT molecular complexity index is 1210. The Balaban J connectivity index is 1.25. The van der Waals surface area contributed by atoms with Gasteiger partial charge in [-0.25, -0.2) is 4.98 Å². The van der Waals surface area contributed by atoms with E-state index in [0.717, 1.165) is 49.4 Å². The summed E-state index contributed by atoms with van der Waals surface area (Å²) < 4.78 is 43.8. The predicted molar refractivity (Wildman–Crippen MR) is 129 cm³/mol. The largest absolute Gasteiger partial charge is 0.484 e. The molecule has 0 radical (unpaired) electrons. The van der Waals surface area contributed by atoms with E-state index >= 15 is 0 Å². The Labute approximate surface area is 206 Å². The molecule has 36 heavy (non-hydrogen) atoms. The van der Waals surface area contributed by atoms with Crippen LogP contribution in [0.4, 0.5) is 24.7 Å². The van der Waals surface area contributed by atoms with E-state index in [-0.39, 0.29) is 11.6 Å². The van der Waals surface area contributed by atoms with E-state index in [1.807, 2.05) is 12.1 Å². The van der Waals surface area contributed by atoms with Crippen LogP contribution in [-0.2, 0) is 17.5 Å². The Kier molecular flexibility index (Phi) is 7.72. The van der Waals surface area contributed by atoms with Crippen LogP contribution in [0.3, 0.4) is 0 Å². The lowest BCUT2D eigenvalue weighted by atomic mass is 10.2. The summed E-state index contributed by atoms with van der Waals surface area (Å²) in [5.41, 5.74) is 0.537. The van der Waals surface area contributed by atoms with Crippen molar-refractivity contribution >= 4 is 23.3 Å². The third kappa shape index (κ3) is 6.74. The maximum atomic E-state index is 12.8. The molecule has 1 aliphatic heterocycles. The molecular formula is C26H25F3N4O3. The number of aromatic nitrogens is 1. The number of rotatable bonds is 8. The molecule has 10 heteroatoms. The van der Waals surface area contributed by atoms with Gasteiger partial charge in [0.2, 0.25) is 0 Å². The number of hydrogen-bond donors (Lipinski definition) is 2. The molecule has 4 rings (SSSR count). The summed E-state index contributed by atoms with van der Waals surface area (Å²) in [5.74, 6) is 0.387. The van der Waals surface area contributed by atoms with Gasteiger partial charge in [-0.3, -0.25) is 9.59 Å². The minimum Gasteiger partial charge on any atom is -0.484 e. The number of halogens is 3. The summed E-state index contributed by atoms with van der Waals surface area (Å²) in [6, 6.07) is 14.4. The molecule has 1 aromatic heterocycles. The molecule has 1 saturated heterocycles. The topological polar surface area (TPSA) is 83.6 Å². The first-order valence-electron chi connectivity index (χ1n) is 11.5. The molecule has 2 N–H and O–H groups in total. The zero-order chi connectivity index (χ0) is 25.5. The standard InChI is InChI=1S/C26H25F3N4O3/c27-26(28,29)20-4-3-5-21(15-20)32-24(34)17-36-22-8-6-19(7-9-22)25(35)31-16-18-10-11-30-23(14-18)33-12-1-2-13-33/h3-11,14-15H,1-2,12-13,16-17H2,(H,31,35)(H,32,34). The van der Waals surface area contributed by atoms with E-state index in [2.05, 4.69) is 20.5 Å². The first kappa shape index (κ1) is 25.0. The number of alkyl halides is 3. The molecule has 188 valence electrons. The van der Waals surface area contributed by atoms with Gasteiger partial charge in [0.25, 0.3) is 11.8 Å². The van der Waals surface area contributed by atoms with Gasteiger partial charge in [0.15, 0.2) is 6.61 Å². The van der Waals surface area contributed by atoms with Crippen molar-refractivity contribution in [1.82, 2.24) is 10.3 Å². The lowest BCUT2D eigenvalue weighted by Gasteiger charge is -2.17. The van der Waals surface area contributed by atoms with Crippen LogP contribution >= 0.6 is 0 Å².